The molecule has 3 rings (SSSR count). The van der Waals surface area contributed by atoms with Crippen molar-refractivity contribution in [3.8, 4) is 11.5 Å². The number of hydrogen-bond acceptors (Lipinski definition) is 7. The first-order chi connectivity index (χ1) is 11.7. The van der Waals surface area contributed by atoms with Crippen molar-refractivity contribution >= 4 is 18.2 Å². The minimum Gasteiger partial charge on any atom is -0.493 e. The number of hydrogen-bond donors (Lipinski definition) is 1. The smallest absolute Gasteiger partial charge is 0.313 e. The minimum absolute atomic E-state index is 0.0337. The van der Waals surface area contributed by atoms with Crippen LogP contribution in [0.2, 0.25) is 0 Å². The number of nitrogen functional groups attached to an aromatic ring is 1. The van der Waals surface area contributed by atoms with Crippen LogP contribution in [0, 0.1) is 0 Å². The second-order valence-electron chi connectivity index (χ2n) is 4.87. The molecular formula is C17H16N4O3. The molecule has 0 aliphatic rings. The zero-order valence-corrected chi connectivity index (χ0v) is 13.0. The van der Waals surface area contributed by atoms with Gasteiger partial charge in [-0.05, 0) is 29.8 Å². The molecule has 0 aliphatic carbocycles. The summed E-state index contributed by atoms with van der Waals surface area (Å²) >= 11 is 0. The van der Waals surface area contributed by atoms with Gasteiger partial charge in [0.05, 0.1) is 7.11 Å². The van der Waals surface area contributed by atoms with E-state index in [9.17, 15) is 0 Å². The summed E-state index contributed by atoms with van der Waals surface area (Å²) in [5.41, 5.74) is 7.26. The number of ether oxygens (including phenoxy) is 2. The standard InChI is InChI=1S/C17H16N4O3/c1-22-15-9-12(5-7-16-20-21-17(18)24-16)4-6-14(15)23-11-13-3-2-8-19-10-13/h2-10H,11H2,1H3,(H2,18,21)/b7-5+. The lowest BCUT2D eigenvalue weighted by Gasteiger charge is -2.11. The number of aromatic nitrogens is 3. The summed E-state index contributed by atoms with van der Waals surface area (Å²) in [6.07, 6.45) is 6.98. The van der Waals surface area contributed by atoms with E-state index < -0.39 is 0 Å². The van der Waals surface area contributed by atoms with Crippen molar-refractivity contribution in [3.63, 3.8) is 0 Å². The lowest BCUT2D eigenvalue weighted by atomic mass is 10.2. The highest BCUT2D eigenvalue weighted by Crippen LogP contribution is 2.29. The molecule has 0 bridgehead atoms. The van der Waals surface area contributed by atoms with Crippen LogP contribution in [0.5, 0.6) is 11.5 Å². The molecular weight excluding hydrogens is 308 g/mol. The van der Waals surface area contributed by atoms with Gasteiger partial charge in [0, 0.05) is 24.0 Å². The Morgan fingerprint density at radius 2 is 2.08 bits per heavy atom. The van der Waals surface area contributed by atoms with E-state index in [2.05, 4.69) is 15.2 Å². The Kier molecular flexibility index (Phi) is 4.71. The highest BCUT2D eigenvalue weighted by Gasteiger charge is 2.06. The summed E-state index contributed by atoms with van der Waals surface area (Å²) in [5.74, 6) is 1.62. The average Bonchev–Trinajstić information content (AvgIpc) is 3.04. The first-order valence-corrected chi connectivity index (χ1v) is 7.21. The second-order valence-corrected chi connectivity index (χ2v) is 4.87. The summed E-state index contributed by atoms with van der Waals surface area (Å²) in [4.78, 5) is 4.06. The zero-order chi connectivity index (χ0) is 16.8. The molecule has 7 nitrogen and oxygen atoms in total. The van der Waals surface area contributed by atoms with Crippen LogP contribution in [0.25, 0.3) is 12.2 Å². The third-order valence-electron chi connectivity index (χ3n) is 3.18. The van der Waals surface area contributed by atoms with E-state index in [0.717, 1.165) is 11.1 Å². The molecule has 24 heavy (non-hydrogen) atoms. The summed E-state index contributed by atoms with van der Waals surface area (Å²) < 4.78 is 16.3. The van der Waals surface area contributed by atoms with Gasteiger partial charge in [-0.15, -0.1) is 5.10 Å². The largest absolute Gasteiger partial charge is 0.493 e. The molecule has 7 heteroatoms. The molecule has 0 saturated heterocycles. The molecule has 0 amide bonds. The molecule has 2 aromatic heterocycles. The van der Waals surface area contributed by atoms with E-state index in [4.69, 9.17) is 19.6 Å². The summed E-state index contributed by atoms with van der Waals surface area (Å²) in [6.45, 7) is 0.417. The van der Waals surface area contributed by atoms with Crippen LogP contribution < -0.4 is 15.2 Å². The Morgan fingerprint density at radius 3 is 2.79 bits per heavy atom. The number of pyridine rings is 1. The molecule has 0 aliphatic heterocycles. The Bertz CT molecular complexity index is 831. The first kappa shape index (κ1) is 15.5. The van der Waals surface area contributed by atoms with Gasteiger partial charge < -0.3 is 19.6 Å². The monoisotopic (exact) mass is 324 g/mol. The predicted octanol–water partition coefficient (Wildman–Crippen LogP) is 2.80. The fraction of sp³-hybridized carbons (Fsp3) is 0.118. The van der Waals surface area contributed by atoms with Gasteiger partial charge in [0.2, 0.25) is 5.89 Å². The molecule has 2 heterocycles. The van der Waals surface area contributed by atoms with E-state index in [0.29, 0.717) is 24.0 Å². The third-order valence-corrected chi connectivity index (χ3v) is 3.18. The maximum atomic E-state index is 5.79. The normalized spacial score (nSPS) is 10.9. The van der Waals surface area contributed by atoms with Crippen molar-refractivity contribution in [1.82, 2.24) is 15.2 Å². The van der Waals surface area contributed by atoms with Crippen molar-refractivity contribution in [2.24, 2.45) is 0 Å². The Morgan fingerprint density at radius 1 is 1.17 bits per heavy atom. The van der Waals surface area contributed by atoms with Crippen molar-refractivity contribution in [1.29, 1.82) is 0 Å². The topological polar surface area (TPSA) is 96.3 Å². The number of nitrogens with two attached hydrogens (primary N) is 1. The van der Waals surface area contributed by atoms with Gasteiger partial charge in [0.25, 0.3) is 0 Å². The predicted molar refractivity (Wildman–Crippen MR) is 89.2 cm³/mol. The fourth-order valence-corrected chi connectivity index (χ4v) is 2.03. The van der Waals surface area contributed by atoms with Crippen LogP contribution in [-0.2, 0) is 6.61 Å². The molecule has 0 spiro atoms. The van der Waals surface area contributed by atoms with Gasteiger partial charge in [-0.3, -0.25) is 4.98 Å². The van der Waals surface area contributed by atoms with Crippen LogP contribution >= 0.6 is 0 Å². The van der Waals surface area contributed by atoms with Gasteiger partial charge in [-0.25, -0.2) is 0 Å². The third kappa shape index (κ3) is 3.89. The van der Waals surface area contributed by atoms with Gasteiger partial charge >= 0.3 is 6.01 Å². The molecule has 0 unspecified atom stereocenters. The Hall–Kier alpha value is -3.35. The molecule has 2 N–H and O–H groups in total. The SMILES string of the molecule is COc1cc(/C=C/c2nnc(N)o2)ccc1OCc1cccnc1. The number of benzene rings is 1. The van der Waals surface area contributed by atoms with Crippen LogP contribution in [0.1, 0.15) is 17.0 Å². The van der Waals surface area contributed by atoms with Gasteiger partial charge in [0.15, 0.2) is 11.5 Å². The maximum Gasteiger partial charge on any atom is 0.313 e. The van der Waals surface area contributed by atoms with E-state index in [1.165, 1.54) is 0 Å². The highest BCUT2D eigenvalue weighted by molar-refractivity contribution is 5.67. The molecule has 3 aromatic rings. The van der Waals surface area contributed by atoms with Gasteiger partial charge in [0.1, 0.15) is 6.61 Å². The van der Waals surface area contributed by atoms with E-state index >= 15 is 0 Å². The molecule has 122 valence electrons. The van der Waals surface area contributed by atoms with Crippen molar-refractivity contribution in [3.05, 3.63) is 59.7 Å². The van der Waals surface area contributed by atoms with Gasteiger partial charge in [-0.1, -0.05) is 17.2 Å². The van der Waals surface area contributed by atoms with Gasteiger partial charge in [-0.2, -0.15) is 0 Å². The number of rotatable bonds is 6. The van der Waals surface area contributed by atoms with E-state index in [1.54, 1.807) is 25.6 Å². The van der Waals surface area contributed by atoms with Crippen LogP contribution in [0.3, 0.4) is 0 Å². The first-order valence-electron chi connectivity index (χ1n) is 7.21. The van der Waals surface area contributed by atoms with Crippen molar-refractivity contribution < 1.29 is 13.9 Å². The molecule has 0 radical (unpaired) electrons. The van der Waals surface area contributed by atoms with Crippen molar-refractivity contribution in [2.45, 2.75) is 6.61 Å². The second kappa shape index (κ2) is 7.28. The lowest BCUT2D eigenvalue weighted by Crippen LogP contribution is -1.98. The van der Waals surface area contributed by atoms with E-state index in [-0.39, 0.29) is 6.01 Å². The molecule has 0 saturated carbocycles. The number of anilines is 1. The molecule has 0 fully saturated rings. The maximum absolute atomic E-state index is 5.79. The van der Waals surface area contributed by atoms with Crippen molar-refractivity contribution in [2.75, 3.05) is 12.8 Å². The Labute approximate surface area is 138 Å². The zero-order valence-electron chi connectivity index (χ0n) is 13.0. The number of nitrogens with zero attached hydrogens (tertiary/aromatic N) is 3. The average molecular weight is 324 g/mol. The molecule has 0 atom stereocenters. The Balaban J connectivity index is 1.71. The molecule has 1 aromatic carbocycles. The summed E-state index contributed by atoms with van der Waals surface area (Å²) in [5, 5.41) is 7.35. The summed E-state index contributed by atoms with van der Waals surface area (Å²) in [7, 11) is 1.60. The van der Waals surface area contributed by atoms with Crippen LogP contribution in [0.15, 0.2) is 47.1 Å². The quantitative estimate of drug-likeness (QED) is 0.744. The minimum atomic E-state index is 0.0337. The van der Waals surface area contributed by atoms with E-state index in [1.807, 2.05) is 36.4 Å². The fourth-order valence-electron chi connectivity index (χ4n) is 2.03. The summed E-state index contributed by atoms with van der Waals surface area (Å²) in [6, 6.07) is 9.45. The highest BCUT2D eigenvalue weighted by atomic mass is 16.5. The van der Waals surface area contributed by atoms with Crippen LogP contribution in [-0.4, -0.2) is 22.3 Å². The lowest BCUT2D eigenvalue weighted by molar-refractivity contribution is 0.284. The van der Waals surface area contributed by atoms with Crippen LogP contribution in [0.4, 0.5) is 6.01 Å². The number of methoxy groups -OCH3 is 1.